The standard InChI is InChI=1S/C25H17FN4O3S/c26-18-10-8-16(9-11-18)14-29-15-17(21-6-1-2-7-22(21)29)12-23-24(31)28-25(34-23)27-19-4-3-5-20(13-19)30(32)33/h1-13,15H,14H2,(H,27,28,31)/b23-12-. The summed E-state index contributed by atoms with van der Waals surface area (Å²) in [7, 11) is 0. The summed E-state index contributed by atoms with van der Waals surface area (Å²) >= 11 is 1.18. The van der Waals surface area contributed by atoms with Crippen molar-refractivity contribution in [1.29, 1.82) is 0 Å². The number of rotatable bonds is 5. The molecule has 7 nitrogen and oxygen atoms in total. The molecule has 34 heavy (non-hydrogen) atoms. The summed E-state index contributed by atoms with van der Waals surface area (Å²) in [6, 6.07) is 20.2. The van der Waals surface area contributed by atoms with Crippen LogP contribution in [0.1, 0.15) is 11.1 Å². The Morgan fingerprint density at radius 3 is 2.68 bits per heavy atom. The highest BCUT2D eigenvalue weighted by Gasteiger charge is 2.24. The van der Waals surface area contributed by atoms with E-state index in [1.807, 2.05) is 30.5 Å². The largest absolute Gasteiger partial charge is 0.342 e. The number of para-hydroxylation sites is 1. The smallest absolute Gasteiger partial charge is 0.271 e. The van der Waals surface area contributed by atoms with E-state index in [4.69, 9.17) is 0 Å². The van der Waals surface area contributed by atoms with Crippen molar-refractivity contribution >= 4 is 51.2 Å². The van der Waals surface area contributed by atoms with E-state index in [1.165, 1.54) is 36.0 Å². The van der Waals surface area contributed by atoms with Crippen LogP contribution in [0.4, 0.5) is 15.8 Å². The number of aromatic nitrogens is 1. The number of carbonyl (C=O) groups is 1. The molecule has 0 aliphatic carbocycles. The van der Waals surface area contributed by atoms with Gasteiger partial charge in [-0.3, -0.25) is 14.9 Å². The van der Waals surface area contributed by atoms with Crippen molar-refractivity contribution in [3.8, 4) is 0 Å². The molecule has 0 unspecified atom stereocenters. The number of amides is 1. The van der Waals surface area contributed by atoms with Gasteiger partial charge in [0.2, 0.25) is 0 Å². The van der Waals surface area contributed by atoms with Gasteiger partial charge in [-0.05, 0) is 47.7 Å². The highest BCUT2D eigenvalue weighted by Crippen LogP contribution is 2.32. The molecule has 5 rings (SSSR count). The molecular formula is C25H17FN4O3S. The lowest BCUT2D eigenvalue weighted by Gasteiger charge is -2.05. The Labute approximate surface area is 197 Å². The molecule has 1 aromatic heterocycles. The van der Waals surface area contributed by atoms with E-state index in [0.717, 1.165) is 22.0 Å². The fourth-order valence-electron chi connectivity index (χ4n) is 3.72. The molecule has 0 saturated carbocycles. The summed E-state index contributed by atoms with van der Waals surface area (Å²) in [5.41, 5.74) is 3.13. The number of aliphatic imine (C=N–C) groups is 1. The van der Waals surface area contributed by atoms with E-state index in [1.54, 1.807) is 30.3 Å². The van der Waals surface area contributed by atoms with Gasteiger partial charge in [0.15, 0.2) is 5.17 Å². The molecule has 0 radical (unpaired) electrons. The third-order valence-corrected chi connectivity index (χ3v) is 6.20. The zero-order valence-electron chi connectivity index (χ0n) is 17.6. The van der Waals surface area contributed by atoms with Crippen molar-refractivity contribution < 1.29 is 14.1 Å². The maximum absolute atomic E-state index is 13.3. The highest BCUT2D eigenvalue weighted by atomic mass is 32.2. The van der Waals surface area contributed by atoms with Gasteiger partial charge < -0.3 is 9.88 Å². The number of carbonyl (C=O) groups excluding carboxylic acids is 1. The van der Waals surface area contributed by atoms with E-state index in [2.05, 4.69) is 14.9 Å². The topological polar surface area (TPSA) is 89.5 Å². The Kier molecular flexibility index (Phi) is 5.69. The zero-order valence-corrected chi connectivity index (χ0v) is 18.5. The number of amidine groups is 1. The Balaban J connectivity index is 1.45. The monoisotopic (exact) mass is 472 g/mol. The fraction of sp³-hybridized carbons (Fsp3) is 0.0400. The van der Waals surface area contributed by atoms with E-state index >= 15 is 0 Å². The molecule has 9 heteroatoms. The van der Waals surface area contributed by atoms with E-state index in [-0.39, 0.29) is 17.4 Å². The molecular weight excluding hydrogens is 455 g/mol. The molecule has 1 aliphatic heterocycles. The van der Waals surface area contributed by atoms with Crippen LogP contribution in [-0.2, 0) is 11.3 Å². The number of thioether (sulfide) groups is 1. The van der Waals surface area contributed by atoms with Crippen molar-refractivity contribution in [3.63, 3.8) is 0 Å². The van der Waals surface area contributed by atoms with Crippen LogP contribution in [0.3, 0.4) is 0 Å². The van der Waals surface area contributed by atoms with Crippen LogP contribution in [0.15, 0.2) is 88.9 Å². The predicted octanol–water partition coefficient (Wildman–Crippen LogP) is 5.63. The number of nitrogens with zero attached hydrogens (tertiary/aromatic N) is 3. The van der Waals surface area contributed by atoms with Crippen molar-refractivity contribution in [3.05, 3.63) is 111 Å². The van der Waals surface area contributed by atoms with Crippen LogP contribution in [0.25, 0.3) is 17.0 Å². The van der Waals surface area contributed by atoms with Gasteiger partial charge in [0.05, 0.1) is 15.5 Å². The molecule has 1 saturated heterocycles. The average molecular weight is 473 g/mol. The van der Waals surface area contributed by atoms with Crippen LogP contribution in [-0.4, -0.2) is 20.6 Å². The minimum atomic E-state index is -0.489. The summed E-state index contributed by atoms with van der Waals surface area (Å²) < 4.78 is 15.3. The van der Waals surface area contributed by atoms with Gasteiger partial charge in [-0.25, -0.2) is 9.38 Å². The second kappa shape index (κ2) is 8.95. The first kappa shape index (κ1) is 21.6. The lowest BCUT2D eigenvalue weighted by Crippen LogP contribution is -2.19. The number of benzene rings is 3. The van der Waals surface area contributed by atoms with E-state index in [0.29, 0.717) is 22.3 Å². The molecule has 3 aromatic carbocycles. The first-order chi connectivity index (χ1) is 16.5. The summed E-state index contributed by atoms with van der Waals surface area (Å²) in [5.74, 6) is -0.567. The maximum Gasteiger partial charge on any atom is 0.271 e. The number of nitrogens with one attached hydrogen (secondary N) is 1. The lowest BCUT2D eigenvalue weighted by atomic mass is 10.1. The molecule has 1 fully saturated rings. The summed E-state index contributed by atoms with van der Waals surface area (Å²) in [6.45, 7) is 0.558. The lowest BCUT2D eigenvalue weighted by molar-refractivity contribution is -0.384. The summed E-state index contributed by atoms with van der Waals surface area (Å²) in [6.07, 6.45) is 3.77. The second-order valence-electron chi connectivity index (χ2n) is 7.61. The Bertz CT molecular complexity index is 1490. The Morgan fingerprint density at radius 1 is 1.09 bits per heavy atom. The maximum atomic E-state index is 13.3. The average Bonchev–Trinajstić information content (AvgIpc) is 3.35. The third kappa shape index (κ3) is 4.46. The molecule has 0 bridgehead atoms. The van der Waals surface area contributed by atoms with Crippen LogP contribution in [0.2, 0.25) is 0 Å². The van der Waals surface area contributed by atoms with Crippen LogP contribution >= 0.6 is 11.8 Å². The number of halogens is 1. The van der Waals surface area contributed by atoms with Crippen LogP contribution < -0.4 is 5.32 Å². The summed E-state index contributed by atoms with van der Waals surface area (Å²) in [4.78, 5) is 27.9. The number of hydrogen-bond acceptors (Lipinski definition) is 5. The predicted molar refractivity (Wildman–Crippen MR) is 131 cm³/mol. The third-order valence-electron chi connectivity index (χ3n) is 5.29. The number of hydrogen-bond donors (Lipinski definition) is 1. The minimum Gasteiger partial charge on any atom is -0.342 e. The molecule has 1 aliphatic rings. The van der Waals surface area contributed by atoms with Crippen LogP contribution in [0, 0.1) is 15.9 Å². The molecule has 0 spiro atoms. The molecule has 1 amide bonds. The zero-order chi connectivity index (χ0) is 23.7. The van der Waals surface area contributed by atoms with Gasteiger partial charge >= 0.3 is 0 Å². The van der Waals surface area contributed by atoms with E-state index < -0.39 is 4.92 Å². The van der Waals surface area contributed by atoms with Gasteiger partial charge in [0.1, 0.15) is 5.82 Å². The van der Waals surface area contributed by atoms with E-state index in [9.17, 15) is 19.3 Å². The molecule has 4 aromatic rings. The van der Waals surface area contributed by atoms with Crippen molar-refractivity contribution in [1.82, 2.24) is 9.88 Å². The molecule has 1 N–H and O–H groups in total. The van der Waals surface area contributed by atoms with Crippen molar-refractivity contribution in [2.24, 2.45) is 4.99 Å². The summed E-state index contributed by atoms with van der Waals surface area (Å²) in [5, 5.41) is 15.0. The molecule has 168 valence electrons. The first-order valence-corrected chi connectivity index (χ1v) is 11.1. The van der Waals surface area contributed by atoms with Crippen LogP contribution in [0.5, 0.6) is 0 Å². The number of non-ortho nitro benzene ring substituents is 1. The Morgan fingerprint density at radius 2 is 1.88 bits per heavy atom. The van der Waals surface area contributed by atoms with Crippen molar-refractivity contribution in [2.45, 2.75) is 6.54 Å². The molecule has 0 atom stereocenters. The van der Waals surface area contributed by atoms with Gasteiger partial charge in [-0.1, -0.05) is 36.4 Å². The normalized spacial score (nSPS) is 15.9. The first-order valence-electron chi connectivity index (χ1n) is 10.3. The van der Waals surface area contributed by atoms with Gasteiger partial charge in [-0.15, -0.1) is 0 Å². The number of fused-ring (bicyclic) bond motifs is 1. The SMILES string of the molecule is O=C1NC(=Nc2cccc([N+](=O)[O-])c2)S/C1=C\c1cn(Cc2ccc(F)cc2)c2ccccc12. The van der Waals surface area contributed by atoms with Gasteiger partial charge in [0, 0.05) is 41.3 Å². The molecule has 2 heterocycles. The van der Waals surface area contributed by atoms with Gasteiger partial charge in [-0.2, -0.15) is 0 Å². The number of nitro groups is 1. The highest BCUT2D eigenvalue weighted by molar-refractivity contribution is 8.18. The fourth-order valence-corrected chi connectivity index (χ4v) is 4.56. The van der Waals surface area contributed by atoms with Crippen molar-refractivity contribution in [2.75, 3.05) is 0 Å². The quantitative estimate of drug-likeness (QED) is 0.232. The Hall–Kier alpha value is -4.24. The van der Waals surface area contributed by atoms with Gasteiger partial charge in [0.25, 0.3) is 11.6 Å². The number of nitro benzene ring substituents is 1. The minimum absolute atomic E-state index is 0.0686. The second-order valence-corrected chi connectivity index (χ2v) is 8.65.